The van der Waals surface area contributed by atoms with E-state index in [0.29, 0.717) is 23.7 Å². The Balaban J connectivity index is 1.74. The predicted molar refractivity (Wildman–Crippen MR) is 92.7 cm³/mol. The number of carbonyl (C=O) groups is 2. The number of Topliss-reactive ketones (excluding diaryl/α,β-unsaturated/α-hetero) is 1. The average Bonchev–Trinajstić information content (AvgIpc) is 2.91. The van der Waals surface area contributed by atoms with Crippen LogP contribution in [0.15, 0.2) is 48.2 Å². The van der Waals surface area contributed by atoms with Crippen molar-refractivity contribution in [2.45, 2.75) is 13.8 Å². The van der Waals surface area contributed by atoms with Crippen LogP contribution in [0.5, 0.6) is 11.5 Å². The number of ketones is 1. The molecule has 0 aliphatic carbocycles. The van der Waals surface area contributed by atoms with Crippen LogP contribution in [0.1, 0.15) is 28.4 Å². The molecule has 0 N–H and O–H groups in total. The molecular weight excluding hydrogens is 320 g/mol. The maximum Gasteiger partial charge on any atom is 0.344 e. The lowest BCUT2D eigenvalue weighted by molar-refractivity contribution is -0.145. The minimum atomic E-state index is -0.444. The van der Waals surface area contributed by atoms with E-state index < -0.39 is 5.97 Å². The van der Waals surface area contributed by atoms with Crippen LogP contribution in [-0.4, -0.2) is 25.0 Å². The molecule has 5 nitrogen and oxygen atoms in total. The molecular formula is C20H18O5. The molecule has 0 amide bonds. The molecule has 25 heavy (non-hydrogen) atoms. The Morgan fingerprint density at radius 2 is 1.92 bits per heavy atom. The van der Waals surface area contributed by atoms with E-state index in [-0.39, 0.29) is 18.1 Å². The van der Waals surface area contributed by atoms with Crippen LogP contribution < -0.4 is 9.47 Å². The van der Waals surface area contributed by atoms with Crippen LogP contribution >= 0.6 is 0 Å². The largest absolute Gasteiger partial charge is 0.482 e. The molecule has 5 heteroatoms. The topological polar surface area (TPSA) is 61.8 Å². The predicted octanol–water partition coefficient (Wildman–Crippen LogP) is 3.55. The second-order valence-electron chi connectivity index (χ2n) is 5.60. The Morgan fingerprint density at radius 3 is 2.64 bits per heavy atom. The van der Waals surface area contributed by atoms with Gasteiger partial charge in [0.1, 0.15) is 11.5 Å². The lowest BCUT2D eigenvalue weighted by atomic mass is 10.1. The Kier molecular flexibility index (Phi) is 4.84. The zero-order valence-electron chi connectivity index (χ0n) is 14.1. The fourth-order valence-electron chi connectivity index (χ4n) is 2.42. The van der Waals surface area contributed by atoms with E-state index in [4.69, 9.17) is 14.2 Å². The number of rotatable bonds is 5. The van der Waals surface area contributed by atoms with E-state index in [1.807, 2.05) is 31.2 Å². The van der Waals surface area contributed by atoms with Crippen molar-refractivity contribution in [2.75, 3.05) is 13.2 Å². The van der Waals surface area contributed by atoms with E-state index in [2.05, 4.69) is 0 Å². The van der Waals surface area contributed by atoms with Gasteiger partial charge in [-0.3, -0.25) is 4.79 Å². The molecule has 0 saturated heterocycles. The third-order valence-electron chi connectivity index (χ3n) is 3.68. The van der Waals surface area contributed by atoms with Crippen molar-refractivity contribution in [3.8, 4) is 11.5 Å². The normalized spacial score (nSPS) is 14.2. The van der Waals surface area contributed by atoms with Crippen LogP contribution in [0.2, 0.25) is 0 Å². The zero-order chi connectivity index (χ0) is 17.8. The molecule has 128 valence electrons. The van der Waals surface area contributed by atoms with Gasteiger partial charge in [0.15, 0.2) is 12.4 Å². The molecule has 0 saturated carbocycles. The number of hydrogen-bond donors (Lipinski definition) is 0. The number of ether oxygens (including phenoxy) is 3. The molecule has 0 bridgehead atoms. The standard InChI is InChI=1S/C20H18O5/c1-3-23-19(21)12-24-15-8-9-16-17(11-15)25-18(20(16)22)10-14-6-4-13(2)5-7-14/h4-11H,3,12H2,1-2H3/b18-10-. The summed E-state index contributed by atoms with van der Waals surface area (Å²) in [6, 6.07) is 12.7. The first-order chi connectivity index (χ1) is 12.1. The summed E-state index contributed by atoms with van der Waals surface area (Å²) in [5, 5.41) is 0. The van der Waals surface area contributed by atoms with Gasteiger partial charge in [-0.1, -0.05) is 29.8 Å². The van der Waals surface area contributed by atoms with E-state index >= 15 is 0 Å². The first kappa shape index (κ1) is 16.8. The van der Waals surface area contributed by atoms with Crippen molar-refractivity contribution >= 4 is 17.8 Å². The van der Waals surface area contributed by atoms with Gasteiger partial charge in [-0.25, -0.2) is 4.79 Å². The van der Waals surface area contributed by atoms with Gasteiger partial charge in [0.2, 0.25) is 5.78 Å². The Hall–Kier alpha value is -3.08. The Bertz CT molecular complexity index is 834. The molecule has 0 unspecified atom stereocenters. The summed E-state index contributed by atoms with van der Waals surface area (Å²) in [6.07, 6.45) is 1.71. The molecule has 0 spiro atoms. The van der Waals surface area contributed by atoms with E-state index in [1.165, 1.54) is 0 Å². The van der Waals surface area contributed by atoms with Crippen LogP contribution in [0.25, 0.3) is 6.08 Å². The van der Waals surface area contributed by atoms with Crippen LogP contribution in [0.3, 0.4) is 0 Å². The molecule has 3 rings (SSSR count). The second-order valence-corrected chi connectivity index (χ2v) is 5.60. The molecule has 1 heterocycles. The number of hydrogen-bond acceptors (Lipinski definition) is 5. The number of fused-ring (bicyclic) bond motifs is 1. The first-order valence-corrected chi connectivity index (χ1v) is 8.00. The summed E-state index contributed by atoms with van der Waals surface area (Å²) in [6.45, 7) is 3.85. The lowest BCUT2D eigenvalue weighted by Gasteiger charge is -2.06. The Labute approximate surface area is 145 Å². The number of carbonyl (C=O) groups excluding carboxylic acids is 2. The number of aryl methyl sites for hydroxylation is 1. The van der Waals surface area contributed by atoms with Crippen LogP contribution in [0.4, 0.5) is 0 Å². The van der Waals surface area contributed by atoms with Gasteiger partial charge < -0.3 is 14.2 Å². The van der Waals surface area contributed by atoms with Crippen LogP contribution in [0, 0.1) is 6.92 Å². The highest BCUT2D eigenvalue weighted by Crippen LogP contribution is 2.34. The summed E-state index contributed by atoms with van der Waals surface area (Å²) >= 11 is 0. The van der Waals surface area contributed by atoms with Gasteiger partial charge >= 0.3 is 5.97 Å². The average molecular weight is 338 g/mol. The highest BCUT2D eigenvalue weighted by molar-refractivity contribution is 6.14. The maximum absolute atomic E-state index is 12.4. The molecule has 0 radical (unpaired) electrons. The summed E-state index contributed by atoms with van der Waals surface area (Å²) in [5.41, 5.74) is 2.51. The van der Waals surface area contributed by atoms with E-state index in [0.717, 1.165) is 11.1 Å². The summed E-state index contributed by atoms with van der Waals surface area (Å²) < 4.78 is 15.8. The monoisotopic (exact) mass is 338 g/mol. The van der Waals surface area contributed by atoms with Crippen LogP contribution in [-0.2, 0) is 9.53 Å². The maximum atomic E-state index is 12.4. The third kappa shape index (κ3) is 3.88. The fraction of sp³-hybridized carbons (Fsp3) is 0.200. The van der Waals surface area contributed by atoms with Crippen molar-refractivity contribution in [1.29, 1.82) is 0 Å². The van der Waals surface area contributed by atoms with E-state index in [1.54, 1.807) is 31.2 Å². The van der Waals surface area contributed by atoms with Gasteiger partial charge in [-0.2, -0.15) is 0 Å². The Morgan fingerprint density at radius 1 is 1.16 bits per heavy atom. The highest BCUT2D eigenvalue weighted by Gasteiger charge is 2.27. The van der Waals surface area contributed by atoms with Crippen molar-refractivity contribution in [2.24, 2.45) is 0 Å². The minimum Gasteiger partial charge on any atom is -0.482 e. The second kappa shape index (κ2) is 7.21. The smallest absolute Gasteiger partial charge is 0.344 e. The number of esters is 1. The molecule has 2 aromatic rings. The van der Waals surface area contributed by atoms with Gasteiger partial charge in [-0.15, -0.1) is 0 Å². The SMILES string of the molecule is CCOC(=O)COc1ccc2c(c1)O/C(=C\c1ccc(C)cc1)C2=O. The molecule has 0 aromatic heterocycles. The van der Waals surface area contributed by atoms with Gasteiger partial charge in [0.05, 0.1) is 12.2 Å². The quantitative estimate of drug-likeness (QED) is 0.616. The van der Waals surface area contributed by atoms with Crippen molar-refractivity contribution in [1.82, 2.24) is 0 Å². The molecule has 0 fully saturated rings. The van der Waals surface area contributed by atoms with Gasteiger partial charge in [0, 0.05) is 6.07 Å². The molecule has 1 aliphatic rings. The number of allylic oxidation sites excluding steroid dienone is 1. The lowest BCUT2D eigenvalue weighted by Crippen LogP contribution is -2.14. The summed E-state index contributed by atoms with van der Waals surface area (Å²) in [4.78, 5) is 23.8. The van der Waals surface area contributed by atoms with Crippen molar-refractivity contribution < 1.29 is 23.8 Å². The summed E-state index contributed by atoms with van der Waals surface area (Å²) in [5.74, 6) is 0.509. The highest BCUT2D eigenvalue weighted by atomic mass is 16.6. The minimum absolute atomic E-state index is 0.174. The third-order valence-corrected chi connectivity index (χ3v) is 3.68. The summed E-state index contributed by atoms with van der Waals surface area (Å²) in [7, 11) is 0. The first-order valence-electron chi connectivity index (χ1n) is 8.00. The van der Waals surface area contributed by atoms with Crippen molar-refractivity contribution in [3.05, 3.63) is 64.9 Å². The molecule has 0 atom stereocenters. The van der Waals surface area contributed by atoms with Gasteiger partial charge in [-0.05, 0) is 37.6 Å². The van der Waals surface area contributed by atoms with Crippen molar-refractivity contribution in [3.63, 3.8) is 0 Å². The molecule has 2 aromatic carbocycles. The zero-order valence-corrected chi connectivity index (χ0v) is 14.1. The molecule has 1 aliphatic heterocycles. The number of benzene rings is 2. The van der Waals surface area contributed by atoms with E-state index in [9.17, 15) is 9.59 Å². The fourth-order valence-corrected chi connectivity index (χ4v) is 2.42. The van der Waals surface area contributed by atoms with Gasteiger partial charge in [0.25, 0.3) is 0 Å².